The first-order chi connectivity index (χ1) is 9.69. The molecule has 5 nitrogen and oxygen atoms in total. The van der Waals surface area contributed by atoms with E-state index < -0.39 is 0 Å². The number of guanidine groups is 1. The third-order valence-corrected chi connectivity index (χ3v) is 4.37. The van der Waals surface area contributed by atoms with Crippen LogP contribution >= 0.6 is 11.3 Å². The fourth-order valence-electron chi connectivity index (χ4n) is 1.77. The van der Waals surface area contributed by atoms with Crippen molar-refractivity contribution in [2.45, 2.75) is 33.2 Å². The number of hydrogen-bond donors (Lipinski definition) is 2. The van der Waals surface area contributed by atoms with Gasteiger partial charge in [-0.25, -0.2) is 4.98 Å². The summed E-state index contributed by atoms with van der Waals surface area (Å²) in [5.74, 6) is 1.62. The van der Waals surface area contributed by atoms with E-state index in [9.17, 15) is 0 Å². The van der Waals surface area contributed by atoms with Crippen LogP contribution in [0, 0.1) is 19.8 Å². The van der Waals surface area contributed by atoms with Gasteiger partial charge in [-0.05, 0) is 32.6 Å². The lowest BCUT2D eigenvalue weighted by molar-refractivity contribution is 0.129. The number of thiazole rings is 1. The standard InChI is InChI=1S/C14H24N4OS/c1-10-11(2)20-13(18-10)8-17-14(15-3)16-6-7-19-9-12-4-5-12/h12H,4-9H2,1-3H3,(H2,15,16,17). The van der Waals surface area contributed by atoms with Crippen LogP contribution < -0.4 is 10.6 Å². The number of aromatic nitrogens is 1. The third-order valence-electron chi connectivity index (χ3n) is 3.29. The minimum atomic E-state index is 0.710. The van der Waals surface area contributed by atoms with Crippen LogP contribution in [0.2, 0.25) is 0 Å². The third kappa shape index (κ3) is 5.09. The quantitative estimate of drug-likeness (QED) is 0.458. The summed E-state index contributed by atoms with van der Waals surface area (Å²) >= 11 is 1.73. The number of aryl methyl sites for hydroxylation is 2. The van der Waals surface area contributed by atoms with E-state index in [0.29, 0.717) is 6.54 Å². The van der Waals surface area contributed by atoms with Gasteiger partial charge < -0.3 is 15.4 Å². The molecule has 0 saturated heterocycles. The zero-order chi connectivity index (χ0) is 14.4. The summed E-state index contributed by atoms with van der Waals surface area (Å²) in [5, 5.41) is 7.61. The summed E-state index contributed by atoms with van der Waals surface area (Å²) < 4.78 is 5.58. The van der Waals surface area contributed by atoms with Gasteiger partial charge >= 0.3 is 0 Å². The first-order valence-electron chi connectivity index (χ1n) is 7.14. The Morgan fingerprint density at radius 1 is 1.40 bits per heavy atom. The van der Waals surface area contributed by atoms with E-state index in [1.807, 2.05) is 6.92 Å². The van der Waals surface area contributed by atoms with Crippen molar-refractivity contribution in [2.24, 2.45) is 10.9 Å². The summed E-state index contributed by atoms with van der Waals surface area (Å²) in [6.07, 6.45) is 2.67. The lowest BCUT2D eigenvalue weighted by Gasteiger charge is -2.11. The van der Waals surface area contributed by atoms with E-state index in [-0.39, 0.29) is 0 Å². The van der Waals surface area contributed by atoms with Crippen molar-refractivity contribution in [1.29, 1.82) is 0 Å². The highest BCUT2D eigenvalue weighted by atomic mass is 32.1. The van der Waals surface area contributed by atoms with Crippen molar-refractivity contribution >= 4 is 17.3 Å². The van der Waals surface area contributed by atoms with Crippen LogP contribution in [-0.4, -0.2) is 37.7 Å². The predicted molar refractivity (Wildman–Crippen MR) is 83.3 cm³/mol. The van der Waals surface area contributed by atoms with Gasteiger partial charge in [0, 0.05) is 25.1 Å². The van der Waals surface area contributed by atoms with Crippen LogP contribution in [0.15, 0.2) is 4.99 Å². The largest absolute Gasteiger partial charge is 0.379 e. The van der Waals surface area contributed by atoms with E-state index in [4.69, 9.17) is 4.74 Å². The number of ether oxygens (including phenoxy) is 1. The van der Waals surface area contributed by atoms with E-state index >= 15 is 0 Å². The van der Waals surface area contributed by atoms with E-state index in [1.54, 1.807) is 18.4 Å². The lowest BCUT2D eigenvalue weighted by atomic mass is 10.4. The molecule has 0 aliphatic heterocycles. The Labute approximate surface area is 124 Å². The molecule has 1 aliphatic rings. The van der Waals surface area contributed by atoms with E-state index in [0.717, 1.165) is 42.3 Å². The maximum Gasteiger partial charge on any atom is 0.191 e. The molecule has 0 radical (unpaired) electrons. The number of nitrogens with one attached hydrogen (secondary N) is 2. The molecule has 0 bridgehead atoms. The van der Waals surface area contributed by atoms with Crippen LogP contribution in [0.1, 0.15) is 28.4 Å². The second kappa shape index (κ2) is 7.59. The molecule has 0 amide bonds. The molecular formula is C14H24N4OS. The van der Waals surface area contributed by atoms with Gasteiger partial charge in [0.25, 0.3) is 0 Å². The molecule has 1 aliphatic carbocycles. The van der Waals surface area contributed by atoms with Crippen molar-refractivity contribution in [3.63, 3.8) is 0 Å². The van der Waals surface area contributed by atoms with Crippen LogP contribution in [0.3, 0.4) is 0 Å². The number of aliphatic imine (C=N–C) groups is 1. The van der Waals surface area contributed by atoms with Crippen LogP contribution in [-0.2, 0) is 11.3 Å². The molecule has 0 aromatic carbocycles. The Morgan fingerprint density at radius 2 is 2.20 bits per heavy atom. The molecule has 0 atom stereocenters. The number of rotatable bonds is 7. The Kier molecular flexibility index (Phi) is 5.79. The van der Waals surface area contributed by atoms with Crippen LogP contribution in [0.25, 0.3) is 0 Å². The highest BCUT2D eigenvalue weighted by Gasteiger charge is 2.20. The van der Waals surface area contributed by atoms with E-state index in [2.05, 4.69) is 27.5 Å². The summed E-state index contributed by atoms with van der Waals surface area (Å²) in [4.78, 5) is 9.97. The Hall–Kier alpha value is -1.14. The molecule has 2 N–H and O–H groups in total. The summed E-state index contributed by atoms with van der Waals surface area (Å²) in [7, 11) is 1.78. The number of hydrogen-bond acceptors (Lipinski definition) is 4. The molecule has 0 unspecified atom stereocenters. The first-order valence-corrected chi connectivity index (χ1v) is 7.96. The molecule has 20 heavy (non-hydrogen) atoms. The summed E-state index contributed by atoms with van der Waals surface area (Å²) in [6, 6.07) is 0. The maximum atomic E-state index is 5.58. The van der Waals surface area contributed by atoms with Crippen molar-refractivity contribution in [3.8, 4) is 0 Å². The minimum Gasteiger partial charge on any atom is -0.379 e. The topological polar surface area (TPSA) is 58.5 Å². The van der Waals surface area contributed by atoms with Crippen molar-refractivity contribution < 1.29 is 4.74 Å². The summed E-state index contributed by atoms with van der Waals surface area (Å²) in [5.41, 5.74) is 1.11. The monoisotopic (exact) mass is 296 g/mol. The van der Waals surface area contributed by atoms with E-state index in [1.165, 1.54) is 17.7 Å². The Balaban J connectivity index is 1.61. The molecule has 1 aromatic rings. The lowest BCUT2D eigenvalue weighted by Crippen LogP contribution is -2.38. The first kappa shape index (κ1) is 15.3. The molecule has 0 spiro atoms. The molecule has 6 heteroatoms. The Bertz CT molecular complexity index is 435. The predicted octanol–water partition coefficient (Wildman–Crippen LogP) is 1.85. The van der Waals surface area contributed by atoms with Gasteiger partial charge in [-0.2, -0.15) is 0 Å². The molecular weight excluding hydrogens is 272 g/mol. The highest BCUT2D eigenvalue weighted by molar-refractivity contribution is 7.11. The minimum absolute atomic E-state index is 0.710. The fraction of sp³-hybridized carbons (Fsp3) is 0.714. The fourth-order valence-corrected chi connectivity index (χ4v) is 2.64. The maximum absolute atomic E-state index is 5.58. The highest BCUT2D eigenvalue weighted by Crippen LogP contribution is 2.28. The van der Waals surface area contributed by atoms with Gasteiger partial charge in [0.15, 0.2) is 5.96 Å². The zero-order valence-electron chi connectivity index (χ0n) is 12.5. The molecule has 112 valence electrons. The van der Waals surface area contributed by atoms with Gasteiger partial charge in [-0.1, -0.05) is 0 Å². The van der Waals surface area contributed by atoms with Crippen molar-refractivity contribution in [3.05, 3.63) is 15.6 Å². The molecule has 2 rings (SSSR count). The van der Waals surface area contributed by atoms with Crippen LogP contribution in [0.4, 0.5) is 0 Å². The summed E-state index contributed by atoms with van der Waals surface area (Å²) in [6.45, 7) is 7.27. The molecule has 1 aromatic heterocycles. The average Bonchev–Trinajstić information content (AvgIpc) is 3.20. The molecule has 1 heterocycles. The van der Waals surface area contributed by atoms with Crippen LogP contribution in [0.5, 0.6) is 0 Å². The average molecular weight is 296 g/mol. The second-order valence-electron chi connectivity index (χ2n) is 5.12. The molecule has 1 fully saturated rings. The van der Waals surface area contributed by atoms with Gasteiger partial charge in [0.2, 0.25) is 0 Å². The Morgan fingerprint density at radius 3 is 2.80 bits per heavy atom. The van der Waals surface area contributed by atoms with Gasteiger partial charge in [0.05, 0.1) is 18.8 Å². The zero-order valence-corrected chi connectivity index (χ0v) is 13.3. The van der Waals surface area contributed by atoms with Gasteiger partial charge in [-0.15, -0.1) is 11.3 Å². The SMILES string of the molecule is CN=C(NCCOCC1CC1)NCc1nc(C)c(C)s1. The van der Waals surface area contributed by atoms with Crippen molar-refractivity contribution in [1.82, 2.24) is 15.6 Å². The van der Waals surface area contributed by atoms with Gasteiger partial charge in [-0.3, -0.25) is 4.99 Å². The van der Waals surface area contributed by atoms with Gasteiger partial charge in [0.1, 0.15) is 5.01 Å². The van der Waals surface area contributed by atoms with Crippen molar-refractivity contribution in [2.75, 3.05) is 26.8 Å². The second-order valence-corrected chi connectivity index (χ2v) is 6.41. The normalized spacial score (nSPS) is 15.4. The molecule has 1 saturated carbocycles. The number of nitrogens with zero attached hydrogens (tertiary/aromatic N) is 2. The smallest absolute Gasteiger partial charge is 0.191 e.